The van der Waals surface area contributed by atoms with Gasteiger partial charge in [0.15, 0.2) is 0 Å². The van der Waals surface area contributed by atoms with E-state index in [2.05, 4.69) is 10.3 Å². The molecule has 0 spiro atoms. The van der Waals surface area contributed by atoms with E-state index in [4.69, 9.17) is 5.73 Å². The molecule has 4 aromatic rings. The van der Waals surface area contributed by atoms with E-state index in [1.807, 2.05) is 66.7 Å². The summed E-state index contributed by atoms with van der Waals surface area (Å²) < 4.78 is 13.8. The Morgan fingerprint density at radius 3 is 2.04 bits per heavy atom. The second-order valence-corrected chi connectivity index (χ2v) is 13.2. The standard InChI is InChI=1S/C41H46FN5O3/c1-46(38(48)10-6-22-41(43)23-7-24-41)37(29-31-11-15-34(16-12-31)33-8-4-3-5-9-33)40(50)47(2)36(28-32-13-17-35(42)18-14-32)39(49)45-27-21-30-19-25-44-26-20-30/h3-6,8-20,25-26,36-37H,7,21-24,27-29,43H2,1-2H3,(H,45,49)/b10-6+/t36-,37-/m1/s1. The Morgan fingerprint density at radius 1 is 0.820 bits per heavy atom. The first-order valence-electron chi connectivity index (χ1n) is 17.2. The molecule has 5 rings (SSSR count). The molecule has 0 radical (unpaired) electrons. The van der Waals surface area contributed by atoms with Crippen molar-refractivity contribution in [2.75, 3.05) is 20.6 Å². The summed E-state index contributed by atoms with van der Waals surface area (Å²) in [5.74, 6) is -1.43. The Morgan fingerprint density at radius 2 is 1.42 bits per heavy atom. The lowest BCUT2D eigenvalue weighted by molar-refractivity contribution is -0.146. The van der Waals surface area contributed by atoms with E-state index < -0.39 is 12.1 Å². The van der Waals surface area contributed by atoms with Crippen LogP contribution in [0, 0.1) is 5.82 Å². The Bertz CT molecular complexity index is 1740. The van der Waals surface area contributed by atoms with Crippen molar-refractivity contribution in [1.82, 2.24) is 20.1 Å². The lowest BCUT2D eigenvalue weighted by atomic mass is 9.75. The fraction of sp³-hybridized carbons (Fsp3) is 0.317. The molecule has 3 amide bonds. The highest BCUT2D eigenvalue weighted by atomic mass is 19.1. The van der Waals surface area contributed by atoms with Crippen molar-refractivity contribution in [2.24, 2.45) is 5.73 Å². The van der Waals surface area contributed by atoms with Crippen LogP contribution in [0.3, 0.4) is 0 Å². The van der Waals surface area contributed by atoms with Crippen molar-refractivity contribution in [3.8, 4) is 11.1 Å². The summed E-state index contributed by atoms with van der Waals surface area (Å²) in [5.41, 5.74) is 10.8. The van der Waals surface area contributed by atoms with Crippen molar-refractivity contribution in [3.05, 3.63) is 138 Å². The Balaban J connectivity index is 1.38. The van der Waals surface area contributed by atoms with Gasteiger partial charge in [-0.2, -0.15) is 0 Å². The van der Waals surface area contributed by atoms with Crippen molar-refractivity contribution >= 4 is 17.7 Å². The molecule has 0 bridgehead atoms. The van der Waals surface area contributed by atoms with Gasteiger partial charge in [0.1, 0.15) is 17.9 Å². The number of carbonyl (C=O) groups is 3. The van der Waals surface area contributed by atoms with Gasteiger partial charge in [0.2, 0.25) is 17.7 Å². The number of likely N-dealkylation sites (N-methyl/N-ethyl adjacent to an activating group) is 2. The first-order valence-corrected chi connectivity index (χ1v) is 17.2. The SMILES string of the molecule is CN(C(=O)/C=C/CC1(N)CCC1)[C@H](Cc1ccc(-c2ccccc2)cc1)C(=O)N(C)[C@H](Cc1ccc(F)cc1)C(=O)NCCc1ccncc1. The van der Waals surface area contributed by atoms with Gasteiger partial charge in [-0.15, -0.1) is 0 Å². The molecule has 0 saturated heterocycles. The van der Waals surface area contributed by atoms with Crippen LogP contribution in [0.15, 0.2) is 116 Å². The lowest BCUT2D eigenvalue weighted by Crippen LogP contribution is -2.56. The highest BCUT2D eigenvalue weighted by Crippen LogP contribution is 2.32. The summed E-state index contributed by atoms with van der Waals surface area (Å²) in [4.78, 5) is 48.7. The predicted octanol–water partition coefficient (Wildman–Crippen LogP) is 5.51. The summed E-state index contributed by atoms with van der Waals surface area (Å²) in [5, 5.41) is 2.98. The van der Waals surface area contributed by atoms with Crippen molar-refractivity contribution in [1.29, 1.82) is 0 Å². The molecular formula is C41H46FN5O3. The largest absolute Gasteiger partial charge is 0.354 e. The molecule has 1 fully saturated rings. The average molecular weight is 676 g/mol. The van der Waals surface area contributed by atoms with E-state index in [0.29, 0.717) is 24.9 Å². The number of halogens is 1. The monoisotopic (exact) mass is 675 g/mol. The van der Waals surface area contributed by atoms with Crippen molar-refractivity contribution in [2.45, 2.75) is 62.6 Å². The van der Waals surface area contributed by atoms with Gasteiger partial charge in [-0.1, -0.05) is 72.8 Å². The van der Waals surface area contributed by atoms with Gasteiger partial charge in [-0.3, -0.25) is 19.4 Å². The van der Waals surface area contributed by atoms with Gasteiger partial charge in [0, 0.05) is 51.4 Å². The smallest absolute Gasteiger partial charge is 0.246 e. The number of nitrogens with zero attached hydrogens (tertiary/aromatic N) is 3. The lowest BCUT2D eigenvalue weighted by Gasteiger charge is -2.37. The molecule has 3 N–H and O–H groups in total. The Labute approximate surface area is 294 Å². The molecule has 0 aliphatic heterocycles. The molecule has 0 unspecified atom stereocenters. The number of hydrogen-bond acceptors (Lipinski definition) is 5. The summed E-state index contributed by atoms with van der Waals surface area (Å²) in [7, 11) is 3.21. The molecule has 1 aliphatic carbocycles. The van der Waals surface area contributed by atoms with E-state index in [1.54, 1.807) is 44.7 Å². The van der Waals surface area contributed by atoms with Crippen LogP contribution in [-0.4, -0.2) is 70.8 Å². The van der Waals surface area contributed by atoms with Gasteiger partial charge < -0.3 is 20.9 Å². The van der Waals surface area contributed by atoms with Crippen LogP contribution < -0.4 is 11.1 Å². The minimum Gasteiger partial charge on any atom is -0.354 e. The predicted molar refractivity (Wildman–Crippen MR) is 194 cm³/mol. The maximum absolute atomic E-state index is 14.5. The zero-order valence-corrected chi connectivity index (χ0v) is 28.8. The van der Waals surface area contributed by atoms with Crippen LogP contribution in [-0.2, 0) is 33.6 Å². The Hall–Kier alpha value is -5.15. The number of rotatable bonds is 15. The molecular weight excluding hydrogens is 629 g/mol. The highest BCUT2D eigenvalue weighted by molar-refractivity contribution is 5.95. The summed E-state index contributed by atoms with van der Waals surface area (Å²) >= 11 is 0. The fourth-order valence-electron chi connectivity index (χ4n) is 6.21. The molecule has 3 aromatic carbocycles. The minimum absolute atomic E-state index is 0.165. The van der Waals surface area contributed by atoms with Crippen LogP contribution in [0.5, 0.6) is 0 Å². The number of amides is 3. The summed E-state index contributed by atoms with van der Waals surface area (Å²) in [6.07, 6.45) is 11.2. The molecule has 1 aromatic heterocycles. The molecule has 260 valence electrons. The van der Waals surface area contributed by atoms with E-state index >= 15 is 0 Å². The molecule has 2 atom stereocenters. The molecule has 1 saturated carbocycles. The topological polar surface area (TPSA) is 109 Å². The number of hydrogen-bond donors (Lipinski definition) is 2. The highest BCUT2D eigenvalue weighted by Gasteiger charge is 2.35. The molecule has 9 heteroatoms. The van der Waals surface area contributed by atoms with Crippen LogP contribution in [0.2, 0.25) is 0 Å². The van der Waals surface area contributed by atoms with Gasteiger partial charge in [0.05, 0.1) is 0 Å². The number of nitrogens with one attached hydrogen (secondary N) is 1. The van der Waals surface area contributed by atoms with Gasteiger partial charge in [-0.25, -0.2) is 4.39 Å². The summed E-state index contributed by atoms with van der Waals surface area (Å²) in [6.45, 7) is 0.355. The van der Waals surface area contributed by atoms with Gasteiger partial charge in [-0.05, 0) is 90.3 Å². The second-order valence-electron chi connectivity index (χ2n) is 13.2. The minimum atomic E-state index is -0.914. The van der Waals surface area contributed by atoms with E-state index in [9.17, 15) is 18.8 Å². The van der Waals surface area contributed by atoms with E-state index in [0.717, 1.165) is 41.5 Å². The maximum atomic E-state index is 14.5. The normalized spacial score (nSPS) is 14.7. The zero-order chi connectivity index (χ0) is 35.5. The van der Waals surface area contributed by atoms with Gasteiger partial charge >= 0.3 is 0 Å². The number of nitrogens with two attached hydrogens (primary N) is 1. The van der Waals surface area contributed by atoms with E-state index in [-0.39, 0.29) is 41.9 Å². The molecule has 8 nitrogen and oxygen atoms in total. The van der Waals surface area contributed by atoms with Crippen molar-refractivity contribution < 1.29 is 18.8 Å². The number of pyridine rings is 1. The van der Waals surface area contributed by atoms with Crippen LogP contribution in [0.4, 0.5) is 4.39 Å². The first-order chi connectivity index (χ1) is 24.1. The third kappa shape index (κ3) is 9.72. The molecule has 1 aliphatic rings. The van der Waals surface area contributed by atoms with Crippen LogP contribution in [0.25, 0.3) is 11.1 Å². The van der Waals surface area contributed by atoms with Gasteiger partial charge in [0.25, 0.3) is 0 Å². The van der Waals surface area contributed by atoms with Crippen molar-refractivity contribution in [3.63, 3.8) is 0 Å². The average Bonchev–Trinajstić information content (AvgIpc) is 3.13. The number of aromatic nitrogens is 1. The quantitative estimate of drug-likeness (QED) is 0.162. The maximum Gasteiger partial charge on any atom is 0.246 e. The Kier molecular flexibility index (Phi) is 12.3. The molecule has 1 heterocycles. The fourth-order valence-corrected chi connectivity index (χ4v) is 6.21. The summed E-state index contributed by atoms with van der Waals surface area (Å²) in [6, 6.07) is 25.8. The zero-order valence-electron chi connectivity index (χ0n) is 28.8. The number of benzene rings is 3. The second kappa shape index (κ2) is 17.0. The van der Waals surface area contributed by atoms with Crippen LogP contribution >= 0.6 is 0 Å². The third-order valence-corrected chi connectivity index (χ3v) is 9.65. The third-order valence-electron chi connectivity index (χ3n) is 9.65. The van der Waals surface area contributed by atoms with Crippen LogP contribution in [0.1, 0.15) is 42.4 Å². The molecule has 50 heavy (non-hydrogen) atoms. The number of carbonyl (C=O) groups excluding carboxylic acids is 3. The first kappa shape index (κ1) is 36.1. The van der Waals surface area contributed by atoms with E-state index in [1.165, 1.54) is 28.0 Å².